The minimum atomic E-state index is -5.56. The lowest BCUT2D eigenvalue weighted by Crippen LogP contribution is -2.36. The Balaban J connectivity index is 3.09. The molecule has 2 N–H and O–H groups in total. The molecule has 0 heterocycles. The first-order valence-electron chi connectivity index (χ1n) is 6.30. The van der Waals surface area contributed by atoms with Crippen LogP contribution in [-0.2, 0) is 19.3 Å². The van der Waals surface area contributed by atoms with Crippen molar-refractivity contribution in [1.82, 2.24) is 0 Å². The number of benzene rings is 1. The Labute approximate surface area is 130 Å². The number of carbonyl (C=O) groups is 1. The van der Waals surface area contributed by atoms with Crippen molar-refractivity contribution in [2.75, 3.05) is 7.11 Å². The van der Waals surface area contributed by atoms with E-state index in [1.54, 1.807) is 0 Å². The van der Waals surface area contributed by atoms with E-state index < -0.39 is 37.4 Å². The van der Waals surface area contributed by atoms with Crippen molar-refractivity contribution in [1.29, 1.82) is 0 Å². The minimum absolute atomic E-state index is 0.153. The molecule has 0 saturated heterocycles. The van der Waals surface area contributed by atoms with E-state index in [4.69, 9.17) is 14.5 Å². The molecule has 23 heavy (non-hydrogen) atoms. The number of rotatable bonds is 7. The van der Waals surface area contributed by atoms with Crippen LogP contribution in [0.4, 0.5) is 13.2 Å². The zero-order chi connectivity index (χ0) is 18.1. The van der Waals surface area contributed by atoms with Crippen molar-refractivity contribution >= 4 is 13.6 Å². The first-order valence-corrected chi connectivity index (χ1v) is 7.83. The van der Waals surface area contributed by atoms with E-state index in [1.807, 2.05) is 0 Å². The quantitative estimate of drug-likeness (QED) is 0.730. The van der Waals surface area contributed by atoms with Crippen LogP contribution in [0, 0.1) is 5.82 Å². The fraction of sp³-hybridized carbons (Fsp3) is 0.462. The highest BCUT2D eigenvalue weighted by Crippen LogP contribution is 2.45. The summed E-state index contributed by atoms with van der Waals surface area (Å²) in [5.41, 5.74) is -1.15. The van der Waals surface area contributed by atoms with Crippen molar-refractivity contribution in [2.24, 2.45) is 0 Å². The lowest BCUT2D eigenvalue weighted by atomic mass is 9.79. The van der Waals surface area contributed by atoms with Crippen LogP contribution in [0.1, 0.15) is 25.8 Å². The lowest BCUT2D eigenvalue weighted by Gasteiger charge is -2.28. The third kappa shape index (κ3) is 5.31. The molecule has 0 aliphatic heterocycles. The first kappa shape index (κ1) is 19.6. The topological polar surface area (TPSA) is 93.1 Å². The summed E-state index contributed by atoms with van der Waals surface area (Å²) in [6.07, 6.45) is -5.53. The van der Waals surface area contributed by atoms with E-state index in [-0.39, 0.29) is 11.3 Å². The predicted molar refractivity (Wildman–Crippen MR) is 73.7 cm³/mol. The van der Waals surface area contributed by atoms with Gasteiger partial charge in [0.15, 0.2) is 0 Å². The SMILES string of the molecule is COc1ccc(F)cc1C(C)(C)CC(=O)C(F)(F)OP(=O)(O)O. The highest BCUT2D eigenvalue weighted by Gasteiger charge is 2.48. The largest absolute Gasteiger partial charge is 0.496 e. The molecule has 0 radical (unpaired) electrons. The van der Waals surface area contributed by atoms with Gasteiger partial charge in [0, 0.05) is 17.4 Å². The van der Waals surface area contributed by atoms with Crippen molar-refractivity contribution in [3.63, 3.8) is 0 Å². The fourth-order valence-corrected chi connectivity index (χ4v) is 2.41. The van der Waals surface area contributed by atoms with Gasteiger partial charge in [-0.2, -0.15) is 8.78 Å². The molecule has 0 fully saturated rings. The van der Waals surface area contributed by atoms with Crippen LogP contribution in [-0.4, -0.2) is 28.8 Å². The number of phosphoric ester groups is 1. The molecule has 6 nitrogen and oxygen atoms in total. The average molecular weight is 356 g/mol. The molecule has 0 unspecified atom stereocenters. The number of carbonyl (C=O) groups excluding carboxylic acids is 1. The molecular formula is C13H16F3O6P. The summed E-state index contributed by atoms with van der Waals surface area (Å²) >= 11 is 0. The van der Waals surface area contributed by atoms with E-state index in [0.29, 0.717) is 0 Å². The van der Waals surface area contributed by atoms with Gasteiger partial charge in [-0.15, -0.1) is 0 Å². The number of ketones is 1. The smallest absolute Gasteiger partial charge is 0.474 e. The highest BCUT2D eigenvalue weighted by atomic mass is 31.2. The van der Waals surface area contributed by atoms with Gasteiger partial charge in [-0.25, -0.2) is 13.5 Å². The molecule has 0 aliphatic rings. The van der Waals surface area contributed by atoms with Gasteiger partial charge in [-0.05, 0) is 18.2 Å². The van der Waals surface area contributed by atoms with Gasteiger partial charge < -0.3 is 14.5 Å². The highest BCUT2D eigenvalue weighted by molar-refractivity contribution is 7.46. The number of hydrogen-bond acceptors (Lipinski definition) is 4. The standard InChI is InChI=1S/C13H16F3O6P/c1-12(2,9-6-8(14)4-5-10(9)21-3)7-11(17)13(15,16)22-23(18,19)20/h4-6H,7H2,1-3H3,(H2,18,19,20). The summed E-state index contributed by atoms with van der Waals surface area (Å²) in [7, 11) is -4.27. The summed E-state index contributed by atoms with van der Waals surface area (Å²) in [4.78, 5) is 28.5. The molecule has 0 amide bonds. The predicted octanol–water partition coefficient (Wildman–Crippen LogP) is 2.77. The third-order valence-electron chi connectivity index (χ3n) is 3.05. The van der Waals surface area contributed by atoms with Crippen molar-refractivity contribution < 1.29 is 41.6 Å². The maximum atomic E-state index is 13.5. The molecule has 0 saturated carbocycles. The molecule has 0 spiro atoms. The third-order valence-corrected chi connectivity index (χ3v) is 3.52. The second-order valence-electron chi connectivity index (χ2n) is 5.43. The van der Waals surface area contributed by atoms with Gasteiger partial charge >= 0.3 is 13.9 Å². The van der Waals surface area contributed by atoms with Crippen LogP contribution in [0.2, 0.25) is 0 Å². The lowest BCUT2D eigenvalue weighted by molar-refractivity contribution is -0.197. The first-order chi connectivity index (χ1) is 10.3. The van der Waals surface area contributed by atoms with Gasteiger partial charge in [-0.3, -0.25) is 4.79 Å². The van der Waals surface area contributed by atoms with E-state index in [0.717, 1.165) is 12.1 Å². The minimum Gasteiger partial charge on any atom is -0.496 e. The Morgan fingerprint density at radius 3 is 2.35 bits per heavy atom. The summed E-state index contributed by atoms with van der Waals surface area (Å²) < 4.78 is 59.0. The summed E-state index contributed by atoms with van der Waals surface area (Å²) in [6, 6.07) is 3.42. The maximum absolute atomic E-state index is 13.5. The summed E-state index contributed by atoms with van der Waals surface area (Å²) in [5.74, 6) is -2.32. The molecule has 0 aromatic heterocycles. The number of methoxy groups -OCH3 is 1. The Hall–Kier alpha value is -1.41. The van der Waals surface area contributed by atoms with E-state index in [2.05, 4.69) is 4.52 Å². The second-order valence-corrected chi connectivity index (χ2v) is 6.59. The Kier molecular flexibility index (Phi) is 5.64. The number of Topliss-reactive ketones (excluding diaryl/α,β-unsaturated/α-hetero) is 1. The van der Waals surface area contributed by atoms with Crippen molar-refractivity contribution in [2.45, 2.75) is 31.8 Å². The van der Waals surface area contributed by atoms with E-state index in [1.165, 1.54) is 27.0 Å². The van der Waals surface area contributed by atoms with E-state index >= 15 is 0 Å². The normalized spacial score (nSPS) is 13.0. The average Bonchev–Trinajstić information content (AvgIpc) is 2.35. The number of ether oxygens (including phenoxy) is 1. The fourth-order valence-electron chi connectivity index (χ4n) is 2.01. The zero-order valence-electron chi connectivity index (χ0n) is 12.5. The van der Waals surface area contributed by atoms with Crippen LogP contribution < -0.4 is 4.74 Å². The van der Waals surface area contributed by atoms with Crippen LogP contribution >= 0.6 is 7.82 Å². The van der Waals surface area contributed by atoms with E-state index in [9.17, 15) is 22.5 Å². The molecule has 1 rings (SSSR count). The maximum Gasteiger partial charge on any atom is 0.474 e. The number of hydrogen-bond donors (Lipinski definition) is 2. The zero-order valence-corrected chi connectivity index (χ0v) is 13.4. The Bertz CT molecular complexity index is 641. The Morgan fingerprint density at radius 2 is 1.87 bits per heavy atom. The van der Waals surface area contributed by atoms with Crippen LogP contribution in [0.15, 0.2) is 18.2 Å². The van der Waals surface area contributed by atoms with Gasteiger partial charge in [0.25, 0.3) is 0 Å². The van der Waals surface area contributed by atoms with Gasteiger partial charge in [0.2, 0.25) is 5.78 Å². The molecule has 0 bridgehead atoms. The van der Waals surface area contributed by atoms with Crippen molar-refractivity contribution in [3.05, 3.63) is 29.6 Å². The van der Waals surface area contributed by atoms with Gasteiger partial charge in [0.1, 0.15) is 11.6 Å². The van der Waals surface area contributed by atoms with Gasteiger partial charge in [-0.1, -0.05) is 13.8 Å². The summed E-state index contributed by atoms with van der Waals surface area (Å²) in [6.45, 7) is 2.77. The molecule has 1 aromatic carbocycles. The number of halogens is 3. The van der Waals surface area contributed by atoms with Crippen molar-refractivity contribution in [3.8, 4) is 5.75 Å². The van der Waals surface area contributed by atoms with Crippen LogP contribution in [0.25, 0.3) is 0 Å². The molecule has 0 aliphatic carbocycles. The Morgan fingerprint density at radius 1 is 1.30 bits per heavy atom. The van der Waals surface area contributed by atoms with Gasteiger partial charge in [0.05, 0.1) is 7.11 Å². The molecule has 0 atom stereocenters. The molecular weight excluding hydrogens is 340 g/mol. The summed E-state index contributed by atoms with van der Waals surface area (Å²) in [5, 5.41) is 0. The molecule has 1 aromatic rings. The van der Waals surface area contributed by atoms with Crippen LogP contribution in [0.5, 0.6) is 5.75 Å². The monoisotopic (exact) mass is 356 g/mol. The van der Waals surface area contributed by atoms with Crippen LogP contribution in [0.3, 0.4) is 0 Å². The second kappa shape index (κ2) is 6.60. The number of alkyl halides is 2. The molecule has 10 heteroatoms. The number of phosphoric acid groups is 1. The molecule has 130 valence electrons.